The Morgan fingerprint density at radius 1 is 1.44 bits per heavy atom. The van der Waals surface area contributed by atoms with Crippen LogP contribution in [0.2, 0.25) is 0 Å². The van der Waals surface area contributed by atoms with Gasteiger partial charge < -0.3 is 10.6 Å². The number of nitrogens with zero attached hydrogens (tertiary/aromatic N) is 1. The van der Waals surface area contributed by atoms with Crippen LogP contribution in [0.25, 0.3) is 0 Å². The van der Waals surface area contributed by atoms with Crippen LogP contribution in [0.15, 0.2) is 0 Å². The van der Waals surface area contributed by atoms with Crippen molar-refractivity contribution in [3.8, 4) is 0 Å². The summed E-state index contributed by atoms with van der Waals surface area (Å²) in [5.41, 5.74) is 5.97. The zero-order chi connectivity index (χ0) is 12.3. The first-order valence-corrected chi connectivity index (χ1v) is 7.91. The summed E-state index contributed by atoms with van der Waals surface area (Å²) in [4.78, 5) is 14.5. The average Bonchev–Trinajstić information content (AvgIpc) is 2.38. The lowest BCUT2D eigenvalue weighted by atomic mass is 9.85. The Kier molecular flexibility index (Phi) is 6.82. The molecule has 0 aromatic rings. The van der Waals surface area contributed by atoms with Crippen LogP contribution in [0.1, 0.15) is 39.0 Å². The second-order valence-corrected chi connectivity index (χ2v) is 6.72. The summed E-state index contributed by atoms with van der Waals surface area (Å²) in [6, 6.07) is 0.249. The summed E-state index contributed by atoms with van der Waals surface area (Å²) in [6.07, 6.45) is 5.33. The average molecular weight is 293 g/mol. The third kappa shape index (κ3) is 4.04. The SMILES string of the molecule is CCC1CN(C(=O)C2CCCC(N)C2)CCS1.Cl. The number of nitrogens with two attached hydrogens (primary N) is 1. The molecule has 1 saturated heterocycles. The molecule has 3 nitrogen and oxygen atoms in total. The van der Waals surface area contributed by atoms with Crippen molar-refractivity contribution in [2.75, 3.05) is 18.8 Å². The Morgan fingerprint density at radius 2 is 2.22 bits per heavy atom. The zero-order valence-corrected chi connectivity index (χ0v) is 12.8. The van der Waals surface area contributed by atoms with E-state index in [0.717, 1.165) is 44.5 Å². The smallest absolute Gasteiger partial charge is 0.225 e. The minimum absolute atomic E-state index is 0. The maximum Gasteiger partial charge on any atom is 0.225 e. The van der Waals surface area contributed by atoms with E-state index in [1.165, 1.54) is 6.42 Å². The molecule has 1 aliphatic carbocycles. The molecule has 1 aliphatic heterocycles. The van der Waals surface area contributed by atoms with Crippen molar-refractivity contribution in [3.05, 3.63) is 0 Å². The van der Waals surface area contributed by atoms with Crippen LogP contribution in [0.3, 0.4) is 0 Å². The molecule has 0 bridgehead atoms. The minimum atomic E-state index is 0. The summed E-state index contributed by atoms with van der Waals surface area (Å²) in [5, 5.41) is 0.643. The van der Waals surface area contributed by atoms with Gasteiger partial charge in [-0.15, -0.1) is 12.4 Å². The van der Waals surface area contributed by atoms with Crippen LogP contribution in [0.5, 0.6) is 0 Å². The van der Waals surface area contributed by atoms with Crippen LogP contribution in [-0.4, -0.2) is 40.9 Å². The summed E-state index contributed by atoms with van der Waals surface area (Å²) in [7, 11) is 0. The second kappa shape index (κ2) is 7.61. The molecular formula is C13H25ClN2OS. The lowest BCUT2D eigenvalue weighted by molar-refractivity contribution is -0.136. The molecule has 1 amide bonds. The minimum Gasteiger partial charge on any atom is -0.341 e. The number of amides is 1. The molecule has 2 rings (SSSR count). The van der Waals surface area contributed by atoms with Crippen molar-refractivity contribution in [1.29, 1.82) is 0 Å². The Morgan fingerprint density at radius 3 is 2.89 bits per heavy atom. The molecule has 0 radical (unpaired) electrons. The molecule has 106 valence electrons. The van der Waals surface area contributed by atoms with E-state index in [2.05, 4.69) is 11.8 Å². The zero-order valence-electron chi connectivity index (χ0n) is 11.1. The van der Waals surface area contributed by atoms with E-state index in [1.807, 2.05) is 11.8 Å². The first-order chi connectivity index (χ1) is 8.20. The van der Waals surface area contributed by atoms with Crippen LogP contribution in [0, 0.1) is 5.92 Å². The molecule has 2 fully saturated rings. The van der Waals surface area contributed by atoms with Gasteiger partial charge in [-0.3, -0.25) is 4.79 Å². The molecule has 0 aromatic heterocycles. The standard InChI is InChI=1S/C13H24N2OS.ClH/c1-2-12-9-15(6-7-17-12)13(16)10-4-3-5-11(14)8-10;/h10-12H,2-9,14H2,1H3;1H. The van der Waals surface area contributed by atoms with Gasteiger partial charge in [-0.25, -0.2) is 0 Å². The van der Waals surface area contributed by atoms with E-state index in [4.69, 9.17) is 5.73 Å². The molecular weight excluding hydrogens is 268 g/mol. The van der Waals surface area contributed by atoms with Gasteiger partial charge in [-0.2, -0.15) is 11.8 Å². The number of halogens is 1. The highest BCUT2D eigenvalue weighted by atomic mass is 35.5. The van der Waals surface area contributed by atoms with E-state index >= 15 is 0 Å². The highest BCUT2D eigenvalue weighted by Crippen LogP contribution is 2.28. The molecule has 5 heteroatoms. The van der Waals surface area contributed by atoms with E-state index in [9.17, 15) is 4.79 Å². The number of thioether (sulfide) groups is 1. The van der Waals surface area contributed by atoms with Gasteiger partial charge in [0.25, 0.3) is 0 Å². The maximum absolute atomic E-state index is 12.4. The van der Waals surface area contributed by atoms with Gasteiger partial charge >= 0.3 is 0 Å². The summed E-state index contributed by atoms with van der Waals surface area (Å²) in [6.45, 7) is 4.10. The van der Waals surface area contributed by atoms with Crippen LogP contribution >= 0.6 is 24.2 Å². The number of rotatable bonds is 2. The quantitative estimate of drug-likeness (QED) is 0.849. The summed E-state index contributed by atoms with van der Waals surface area (Å²) < 4.78 is 0. The molecule has 2 N–H and O–H groups in total. The van der Waals surface area contributed by atoms with Gasteiger partial charge in [0.1, 0.15) is 0 Å². The summed E-state index contributed by atoms with van der Waals surface area (Å²) in [5.74, 6) is 1.68. The van der Waals surface area contributed by atoms with Crippen molar-refractivity contribution < 1.29 is 4.79 Å². The van der Waals surface area contributed by atoms with Gasteiger partial charge in [0.15, 0.2) is 0 Å². The molecule has 2 aliphatic rings. The first-order valence-electron chi connectivity index (χ1n) is 6.86. The fourth-order valence-corrected chi connectivity index (χ4v) is 4.06. The Balaban J connectivity index is 0.00000162. The highest BCUT2D eigenvalue weighted by molar-refractivity contribution is 8.00. The van der Waals surface area contributed by atoms with Gasteiger partial charge in [-0.1, -0.05) is 13.3 Å². The van der Waals surface area contributed by atoms with Gasteiger partial charge in [0.05, 0.1) is 0 Å². The molecule has 3 unspecified atom stereocenters. The number of carbonyl (C=O) groups is 1. The number of hydrogen-bond acceptors (Lipinski definition) is 3. The molecule has 1 heterocycles. The van der Waals surface area contributed by atoms with Crippen LogP contribution in [-0.2, 0) is 4.79 Å². The molecule has 0 spiro atoms. The predicted molar refractivity (Wildman–Crippen MR) is 80.3 cm³/mol. The Bertz CT molecular complexity index is 278. The van der Waals surface area contributed by atoms with Crippen molar-refractivity contribution in [1.82, 2.24) is 4.90 Å². The number of hydrogen-bond donors (Lipinski definition) is 1. The van der Waals surface area contributed by atoms with E-state index < -0.39 is 0 Å². The third-order valence-corrected chi connectivity index (χ3v) is 5.34. The first kappa shape index (κ1) is 16.1. The van der Waals surface area contributed by atoms with Gasteiger partial charge in [0, 0.05) is 36.1 Å². The molecule has 1 saturated carbocycles. The van der Waals surface area contributed by atoms with E-state index in [1.54, 1.807) is 0 Å². The van der Waals surface area contributed by atoms with Crippen molar-refractivity contribution in [3.63, 3.8) is 0 Å². The Labute approximate surface area is 121 Å². The predicted octanol–water partition coefficient (Wildman–Crippen LogP) is 2.28. The third-order valence-electron chi connectivity index (χ3n) is 3.97. The number of carbonyl (C=O) groups excluding carboxylic acids is 1. The van der Waals surface area contributed by atoms with Crippen LogP contribution < -0.4 is 5.73 Å². The van der Waals surface area contributed by atoms with Gasteiger partial charge in [0.2, 0.25) is 5.91 Å². The van der Waals surface area contributed by atoms with E-state index in [-0.39, 0.29) is 24.4 Å². The monoisotopic (exact) mass is 292 g/mol. The van der Waals surface area contributed by atoms with Crippen molar-refractivity contribution in [2.24, 2.45) is 11.7 Å². The summed E-state index contributed by atoms with van der Waals surface area (Å²) >= 11 is 2.01. The van der Waals surface area contributed by atoms with Crippen molar-refractivity contribution >= 4 is 30.1 Å². The molecule has 0 aromatic carbocycles. The molecule has 3 atom stereocenters. The largest absolute Gasteiger partial charge is 0.341 e. The van der Waals surface area contributed by atoms with Crippen LogP contribution in [0.4, 0.5) is 0 Å². The second-order valence-electron chi connectivity index (χ2n) is 5.31. The highest BCUT2D eigenvalue weighted by Gasteiger charge is 2.31. The normalized spacial score (nSPS) is 32.8. The maximum atomic E-state index is 12.4. The Hall–Kier alpha value is 0.0700. The molecule has 18 heavy (non-hydrogen) atoms. The van der Waals surface area contributed by atoms with Gasteiger partial charge in [-0.05, 0) is 25.7 Å². The van der Waals surface area contributed by atoms with Crippen molar-refractivity contribution in [2.45, 2.75) is 50.3 Å². The fourth-order valence-electron chi connectivity index (χ4n) is 2.88. The topological polar surface area (TPSA) is 46.3 Å². The lowest BCUT2D eigenvalue weighted by Gasteiger charge is -2.36. The fraction of sp³-hybridized carbons (Fsp3) is 0.923. The lowest BCUT2D eigenvalue weighted by Crippen LogP contribution is -2.46. The van der Waals surface area contributed by atoms with E-state index in [0.29, 0.717) is 11.2 Å².